The van der Waals surface area contributed by atoms with Crippen LogP contribution in [0.3, 0.4) is 0 Å². The van der Waals surface area contributed by atoms with Gasteiger partial charge in [0, 0.05) is 24.7 Å². The molecule has 1 amide bonds. The number of likely N-dealkylation sites (N-methyl/N-ethyl adjacent to an activating group) is 1. The van der Waals surface area contributed by atoms with Gasteiger partial charge < -0.3 is 14.1 Å². The molecule has 1 aromatic heterocycles. The minimum atomic E-state index is -0.572. The second kappa shape index (κ2) is 10.8. The number of hydrogen-bond donors (Lipinski definition) is 0. The monoisotopic (exact) mass is 469 g/mol. The van der Waals surface area contributed by atoms with E-state index in [9.17, 15) is 9.59 Å². The Labute approximate surface area is 204 Å². The second-order valence-electron chi connectivity index (χ2n) is 8.30. The van der Waals surface area contributed by atoms with Crippen LogP contribution < -0.4 is 0 Å². The van der Waals surface area contributed by atoms with Crippen LogP contribution >= 0.6 is 0 Å². The lowest BCUT2D eigenvalue weighted by atomic mass is 10.1. The minimum absolute atomic E-state index is 0.274. The van der Waals surface area contributed by atoms with E-state index in [0.717, 1.165) is 23.1 Å². The number of carbonyl (C=O) groups excluding carboxylic acids is 2. The Kier molecular flexibility index (Phi) is 7.35. The summed E-state index contributed by atoms with van der Waals surface area (Å²) in [5.74, 6) is -0.0571. The van der Waals surface area contributed by atoms with Gasteiger partial charge in [-0.1, -0.05) is 49.4 Å². The molecule has 3 aromatic carbocycles. The van der Waals surface area contributed by atoms with Gasteiger partial charge in [-0.05, 0) is 60.4 Å². The number of hydrogen-bond acceptors (Lipinski definition) is 6. The first-order valence-corrected chi connectivity index (χ1v) is 11.4. The average molecular weight is 470 g/mol. The number of esters is 1. The van der Waals surface area contributed by atoms with Gasteiger partial charge in [0.2, 0.25) is 11.8 Å². The quantitative estimate of drug-likeness (QED) is 0.334. The highest BCUT2D eigenvalue weighted by Gasteiger charge is 2.16. The summed E-state index contributed by atoms with van der Waals surface area (Å²) in [5.41, 5.74) is 5.19. The number of rotatable bonds is 8. The van der Waals surface area contributed by atoms with Crippen LogP contribution in [0, 0.1) is 6.92 Å². The first-order chi connectivity index (χ1) is 16.9. The smallest absolute Gasteiger partial charge is 0.338 e. The molecule has 0 aliphatic carbocycles. The van der Waals surface area contributed by atoms with Gasteiger partial charge in [-0.3, -0.25) is 4.79 Å². The lowest BCUT2D eigenvalue weighted by molar-refractivity contribution is -0.133. The van der Waals surface area contributed by atoms with Crippen LogP contribution in [-0.2, 0) is 22.5 Å². The van der Waals surface area contributed by atoms with Gasteiger partial charge in [0.15, 0.2) is 6.61 Å². The number of carbonyl (C=O) groups is 2. The maximum Gasteiger partial charge on any atom is 0.338 e. The molecule has 0 spiro atoms. The van der Waals surface area contributed by atoms with Crippen molar-refractivity contribution in [3.05, 3.63) is 95.1 Å². The summed E-state index contributed by atoms with van der Waals surface area (Å²) < 4.78 is 11.0. The summed E-state index contributed by atoms with van der Waals surface area (Å²) in [4.78, 5) is 26.4. The zero-order valence-corrected chi connectivity index (χ0v) is 20.0. The topological polar surface area (TPSA) is 85.5 Å². The van der Waals surface area contributed by atoms with Crippen molar-refractivity contribution < 1.29 is 18.7 Å². The summed E-state index contributed by atoms with van der Waals surface area (Å²) in [5, 5.41) is 8.25. The number of aryl methyl sites for hydroxylation is 2. The van der Waals surface area contributed by atoms with Crippen LogP contribution in [0.2, 0.25) is 0 Å². The van der Waals surface area contributed by atoms with Crippen molar-refractivity contribution in [3.8, 4) is 22.9 Å². The minimum Gasteiger partial charge on any atom is -0.452 e. The fourth-order valence-electron chi connectivity index (χ4n) is 3.57. The van der Waals surface area contributed by atoms with Crippen LogP contribution in [0.4, 0.5) is 0 Å². The van der Waals surface area contributed by atoms with E-state index < -0.39 is 5.97 Å². The molecule has 0 fully saturated rings. The van der Waals surface area contributed by atoms with Gasteiger partial charge in [0.05, 0.1) is 5.56 Å². The van der Waals surface area contributed by atoms with E-state index >= 15 is 0 Å². The standard InChI is InChI=1S/C28H27N3O4/c1-4-20-9-11-21(12-10-20)17-31(3)25(32)18-34-28(33)23-15-13-22(14-16-23)26-29-30-27(35-26)24-8-6-5-7-19(24)2/h5-16H,4,17-18H2,1-3H3. The van der Waals surface area contributed by atoms with Crippen molar-refractivity contribution in [2.75, 3.05) is 13.7 Å². The first kappa shape index (κ1) is 23.9. The molecule has 0 bridgehead atoms. The van der Waals surface area contributed by atoms with Crippen molar-refractivity contribution in [2.24, 2.45) is 0 Å². The van der Waals surface area contributed by atoms with E-state index in [1.165, 1.54) is 5.56 Å². The third-order valence-corrected chi connectivity index (χ3v) is 5.77. The highest BCUT2D eigenvalue weighted by Crippen LogP contribution is 2.26. The van der Waals surface area contributed by atoms with Crippen LogP contribution in [0.25, 0.3) is 22.9 Å². The zero-order valence-electron chi connectivity index (χ0n) is 20.0. The molecule has 178 valence electrons. The summed E-state index contributed by atoms with van der Waals surface area (Å²) in [6, 6.07) is 22.5. The number of amides is 1. The second-order valence-corrected chi connectivity index (χ2v) is 8.30. The van der Waals surface area contributed by atoms with Crippen molar-refractivity contribution in [1.29, 1.82) is 0 Å². The van der Waals surface area contributed by atoms with Gasteiger partial charge in [-0.15, -0.1) is 10.2 Å². The van der Waals surface area contributed by atoms with E-state index in [4.69, 9.17) is 9.15 Å². The van der Waals surface area contributed by atoms with Gasteiger partial charge in [0.1, 0.15) is 0 Å². The summed E-state index contributed by atoms with van der Waals surface area (Å²) in [7, 11) is 1.69. The first-order valence-electron chi connectivity index (χ1n) is 11.4. The molecule has 4 aromatic rings. The van der Waals surface area contributed by atoms with Crippen LogP contribution in [0.5, 0.6) is 0 Å². The van der Waals surface area contributed by atoms with E-state index in [0.29, 0.717) is 29.5 Å². The lowest BCUT2D eigenvalue weighted by Crippen LogP contribution is -2.30. The predicted molar refractivity (Wildman–Crippen MR) is 132 cm³/mol. The summed E-state index contributed by atoms with van der Waals surface area (Å²) in [6.07, 6.45) is 0.968. The molecular formula is C28H27N3O4. The molecule has 0 aliphatic heterocycles. The Morgan fingerprint density at radius 1 is 0.886 bits per heavy atom. The Hall–Kier alpha value is -4.26. The molecule has 35 heavy (non-hydrogen) atoms. The molecule has 7 nitrogen and oxygen atoms in total. The predicted octanol–water partition coefficient (Wildman–Crippen LogP) is 5.09. The van der Waals surface area contributed by atoms with Crippen molar-refractivity contribution in [2.45, 2.75) is 26.8 Å². The fourth-order valence-corrected chi connectivity index (χ4v) is 3.57. The van der Waals surface area contributed by atoms with Crippen molar-refractivity contribution in [3.63, 3.8) is 0 Å². The zero-order chi connectivity index (χ0) is 24.8. The maximum absolute atomic E-state index is 12.4. The van der Waals surface area contributed by atoms with E-state index in [1.807, 2.05) is 43.3 Å². The normalized spacial score (nSPS) is 10.7. The molecule has 4 rings (SSSR count). The largest absolute Gasteiger partial charge is 0.452 e. The van der Waals surface area contributed by atoms with Gasteiger partial charge in [-0.25, -0.2) is 4.79 Å². The maximum atomic E-state index is 12.4. The van der Waals surface area contributed by atoms with Crippen LogP contribution in [-0.4, -0.2) is 40.6 Å². The Morgan fingerprint density at radius 3 is 2.23 bits per heavy atom. The Balaban J connectivity index is 1.32. The Bertz CT molecular complexity index is 1310. The van der Waals surface area contributed by atoms with Gasteiger partial charge in [0.25, 0.3) is 5.91 Å². The molecule has 0 radical (unpaired) electrons. The average Bonchev–Trinajstić information content (AvgIpc) is 3.38. The molecule has 0 aliphatic rings. The summed E-state index contributed by atoms with van der Waals surface area (Å²) >= 11 is 0. The van der Waals surface area contributed by atoms with Crippen LogP contribution in [0.15, 0.2) is 77.2 Å². The number of nitrogens with zero attached hydrogens (tertiary/aromatic N) is 3. The van der Waals surface area contributed by atoms with E-state index in [2.05, 4.69) is 29.3 Å². The molecule has 0 N–H and O–H groups in total. The molecular weight excluding hydrogens is 442 g/mol. The third-order valence-electron chi connectivity index (χ3n) is 5.77. The Morgan fingerprint density at radius 2 is 1.54 bits per heavy atom. The van der Waals surface area contributed by atoms with Crippen molar-refractivity contribution >= 4 is 11.9 Å². The molecule has 0 saturated carbocycles. The lowest BCUT2D eigenvalue weighted by Gasteiger charge is -2.17. The molecule has 0 unspecified atom stereocenters. The van der Waals surface area contributed by atoms with E-state index in [-0.39, 0.29) is 12.5 Å². The summed E-state index contributed by atoms with van der Waals surface area (Å²) in [6.45, 7) is 4.20. The highest BCUT2D eigenvalue weighted by atomic mass is 16.5. The number of aromatic nitrogens is 2. The van der Waals surface area contributed by atoms with E-state index in [1.54, 1.807) is 36.2 Å². The van der Waals surface area contributed by atoms with Gasteiger partial charge in [-0.2, -0.15) is 0 Å². The third kappa shape index (κ3) is 5.81. The van der Waals surface area contributed by atoms with Crippen molar-refractivity contribution in [1.82, 2.24) is 15.1 Å². The van der Waals surface area contributed by atoms with Crippen LogP contribution in [0.1, 0.15) is 34.0 Å². The molecule has 0 saturated heterocycles. The molecule has 7 heteroatoms. The molecule has 0 atom stereocenters. The SMILES string of the molecule is CCc1ccc(CN(C)C(=O)COC(=O)c2ccc(-c3nnc(-c4ccccc4C)o3)cc2)cc1. The number of benzene rings is 3. The number of ether oxygens (including phenoxy) is 1. The van der Waals surface area contributed by atoms with Gasteiger partial charge >= 0.3 is 5.97 Å². The highest BCUT2D eigenvalue weighted by molar-refractivity contribution is 5.91. The fraction of sp³-hybridized carbons (Fsp3) is 0.214. The molecule has 1 heterocycles.